The Bertz CT molecular complexity index is 791. The van der Waals surface area contributed by atoms with Crippen molar-refractivity contribution in [3.05, 3.63) is 55.8 Å². The summed E-state index contributed by atoms with van der Waals surface area (Å²) in [5.41, 5.74) is 2.92. The number of para-hydroxylation sites is 2. The fraction of sp³-hybridized carbons (Fsp3) is 0. The van der Waals surface area contributed by atoms with Crippen LogP contribution in [0.4, 0.5) is 0 Å². The maximum absolute atomic E-state index is 6.29. The van der Waals surface area contributed by atoms with Gasteiger partial charge in [0.15, 0.2) is 4.77 Å². The first-order valence-electron chi connectivity index (χ1n) is 5.32. The van der Waals surface area contributed by atoms with Crippen LogP contribution in [0.2, 0.25) is 5.02 Å². The zero-order valence-corrected chi connectivity index (χ0v) is 12.9. The van der Waals surface area contributed by atoms with Crippen LogP contribution in [0.15, 0.2) is 42.5 Å². The van der Waals surface area contributed by atoms with Crippen molar-refractivity contribution >= 4 is 57.4 Å². The van der Waals surface area contributed by atoms with E-state index < -0.39 is 0 Å². The highest BCUT2D eigenvalue weighted by Crippen LogP contribution is 2.28. The SMILES string of the molecule is S=c1[nH]c2cccc(Cl)c2n1-c1ccccc1I. The molecule has 5 heteroatoms. The van der Waals surface area contributed by atoms with Gasteiger partial charge in [0.05, 0.1) is 21.7 Å². The predicted octanol–water partition coefficient (Wildman–Crippen LogP) is 4.95. The summed E-state index contributed by atoms with van der Waals surface area (Å²) in [4.78, 5) is 3.18. The van der Waals surface area contributed by atoms with Gasteiger partial charge >= 0.3 is 0 Å². The number of halogens is 2. The molecule has 1 aromatic heterocycles. The molecule has 0 saturated heterocycles. The average molecular weight is 387 g/mol. The second-order valence-corrected chi connectivity index (χ2v) is 5.81. The van der Waals surface area contributed by atoms with E-state index in [1.54, 1.807) is 0 Å². The van der Waals surface area contributed by atoms with E-state index in [-0.39, 0.29) is 0 Å². The number of aromatic nitrogens is 2. The predicted molar refractivity (Wildman–Crippen MR) is 86.2 cm³/mol. The van der Waals surface area contributed by atoms with E-state index in [1.807, 2.05) is 47.0 Å². The molecule has 18 heavy (non-hydrogen) atoms. The standard InChI is InChI=1S/C13H8ClIN2S/c14-8-4-3-6-10-12(8)17(13(18)16-10)11-7-2-1-5-9(11)15/h1-7H,(H,16,18). The molecule has 1 N–H and O–H groups in total. The van der Waals surface area contributed by atoms with Gasteiger partial charge in [0.2, 0.25) is 0 Å². The van der Waals surface area contributed by atoms with Gasteiger partial charge in [0.1, 0.15) is 0 Å². The summed E-state index contributed by atoms with van der Waals surface area (Å²) < 4.78 is 3.77. The van der Waals surface area contributed by atoms with Crippen LogP contribution in [0.5, 0.6) is 0 Å². The minimum Gasteiger partial charge on any atom is -0.330 e. The number of hydrogen-bond donors (Lipinski definition) is 1. The van der Waals surface area contributed by atoms with Crippen LogP contribution >= 0.6 is 46.4 Å². The van der Waals surface area contributed by atoms with Gasteiger partial charge < -0.3 is 4.98 Å². The lowest BCUT2D eigenvalue weighted by Gasteiger charge is -2.07. The van der Waals surface area contributed by atoms with Crippen LogP contribution in [-0.4, -0.2) is 9.55 Å². The van der Waals surface area contributed by atoms with E-state index in [9.17, 15) is 0 Å². The number of fused-ring (bicyclic) bond motifs is 1. The second kappa shape index (κ2) is 4.68. The van der Waals surface area contributed by atoms with Crippen LogP contribution in [0.3, 0.4) is 0 Å². The van der Waals surface area contributed by atoms with Gasteiger partial charge in [0.25, 0.3) is 0 Å². The molecular formula is C13H8ClIN2S. The third-order valence-electron chi connectivity index (χ3n) is 2.75. The second-order valence-electron chi connectivity index (χ2n) is 3.85. The molecule has 2 nitrogen and oxygen atoms in total. The van der Waals surface area contributed by atoms with Crippen molar-refractivity contribution in [2.45, 2.75) is 0 Å². The van der Waals surface area contributed by atoms with Gasteiger partial charge in [0, 0.05) is 3.57 Å². The van der Waals surface area contributed by atoms with Crippen molar-refractivity contribution in [2.24, 2.45) is 0 Å². The number of rotatable bonds is 1. The quantitative estimate of drug-likeness (QED) is 0.464. The Labute approximate surface area is 128 Å². The number of nitrogens with one attached hydrogen (secondary N) is 1. The molecule has 3 aromatic rings. The van der Waals surface area contributed by atoms with Gasteiger partial charge in [-0.05, 0) is 59.1 Å². The normalized spacial score (nSPS) is 11.0. The number of aromatic amines is 1. The van der Waals surface area contributed by atoms with Crippen molar-refractivity contribution < 1.29 is 0 Å². The van der Waals surface area contributed by atoms with Gasteiger partial charge in [-0.15, -0.1) is 0 Å². The monoisotopic (exact) mass is 386 g/mol. The summed E-state index contributed by atoms with van der Waals surface area (Å²) in [5.74, 6) is 0. The van der Waals surface area contributed by atoms with E-state index in [2.05, 4.69) is 27.6 Å². The molecule has 0 fully saturated rings. The van der Waals surface area contributed by atoms with Crippen molar-refractivity contribution in [1.82, 2.24) is 9.55 Å². The lowest BCUT2D eigenvalue weighted by molar-refractivity contribution is 1.06. The van der Waals surface area contributed by atoms with Crippen molar-refractivity contribution in [1.29, 1.82) is 0 Å². The molecule has 0 bridgehead atoms. The van der Waals surface area contributed by atoms with Gasteiger partial charge in [-0.3, -0.25) is 4.57 Å². The fourth-order valence-corrected chi connectivity index (χ4v) is 3.17. The third-order valence-corrected chi connectivity index (χ3v) is 4.25. The molecule has 1 heterocycles. The molecule has 2 aromatic carbocycles. The third kappa shape index (κ3) is 1.88. The minimum absolute atomic E-state index is 0.655. The Kier molecular flexibility index (Phi) is 3.17. The molecule has 0 unspecified atom stereocenters. The molecule has 0 aliphatic heterocycles. The lowest BCUT2D eigenvalue weighted by atomic mass is 10.3. The number of imidazole rings is 1. The van der Waals surface area contributed by atoms with Crippen LogP contribution in [0, 0.1) is 8.34 Å². The zero-order chi connectivity index (χ0) is 12.7. The van der Waals surface area contributed by atoms with Gasteiger partial charge in [-0.25, -0.2) is 0 Å². The summed E-state index contributed by atoms with van der Waals surface area (Å²) >= 11 is 14.0. The van der Waals surface area contributed by atoms with E-state index in [0.717, 1.165) is 20.3 Å². The summed E-state index contributed by atoms with van der Waals surface area (Å²) in [7, 11) is 0. The minimum atomic E-state index is 0.655. The topological polar surface area (TPSA) is 20.7 Å². The Hall–Kier alpha value is -0.850. The van der Waals surface area contributed by atoms with E-state index in [0.29, 0.717) is 9.79 Å². The van der Waals surface area contributed by atoms with Crippen molar-refractivity contribution in [3.63, 3.8) is 0 Å². The van der Waals surface area contributed by atoms with Gasteiger partial charge in [-0.1, -0.05) is 29.8 Å². The maximum atomic E-state index is 6.29. The molecule has 0 spiro atoms. The van der Waals surface area contributed by atoms with Crippen LogP contribution in [0.1, 0.15) is 0 Å². The van der Waals surface area contributed by atoms with Gasteiger partial charge in [-0.2, -0.15) is 0 Å². The number of H-pyrrole nitrogens is 1. The number of nitrogens with zero attached hydrogens (tertiary/aromatic N) is 1. The molecule has 0 aliphatic rings. The average Bonchev–Trinajstić information content (AvgIpc) is 2.68. The van der Waals surface area contributed by atoms with E-state index >= 15 is 0 Å². The number of benzene rings is 2. The molecule has 90 valence electrons. The largest absolute Gasteiger partial charge is 0.330 e. The van der Waals surface area contributed by atoms with Crippen molar-refractivity contribution in [2.75, 3.05) is 0 Å². The molecule has 0 saturated carbocycles. The summed E-state index contributed by atoms with van der Waals surface area (Å²) in [6.45, 7) is 0. The molecule has 3 rings (SSSR count). The smallest absolute Gasteiger partial charge is 0.182 e. The Morgan fingerprint density at radius 3 is 2.67 bits per heavy atom. The summed E-state index contributed by atoms with van der Waals surface area (Å²) in [5, 5.41) is 0.694. The Balaban J connectivity index is 2.47. The van der Waals surface area contributed by atoms with E-state index in [4.69, 9.17) is 23.8 Å². The zero-order valence-electron chi connectivity index (χ0n) is 9.15. The first-order chi connectivity index (χ1) is 8.68. The summed E-state index contributed by atoms with van der Waals surface area (Å²) in [6.07, 6.45) is 0. The molecule has 0 radical (unpaired) electrons. The highest BCUT2D eigenvalue weighted by Gasteiger charge is 2.11. The first-order valence-corrected chi connectivity index (χ1v) is 7.19. The Morgan fingerprint density at radius 2 is 1.89 bits per heavy atom. The molecule has 0 aliphatic carbocycles. The van der Waals surface area contributed by atoms with Crippen LogP contribution in [-0.2, 0) is 0 Å². The van der Waals surface area contributed by atoms with Crippen molar-refractivity contribution in [3.8, 4) is 5.69 Å². The Morgan fingerprint density at radius 1 is 1.11 bits per heavy atom. The molecule has 0 atom stereocenters. The first kappa shape index (κ1) is 12.2. The van der Waals surface area contributed by atoms with Crippen LogP contribution in [0.25, 0.3) is 16.7 Å². The number of hydrogen-bond acceptors (Lipinski definition) is 1. The summed E-state index contributed by atoms with van der Waals surface area (Å²) in [6, 6.07) is 13.8. The lowest BCUT2D eigenvalue weighted by Crippen LogP contribution is -1.96. The van der Waals surface area contributed by atoms with Crippen LogP contribution < -0.4 is 0 Å². The molecule has 0 amide bonds. The maximum Gasteiger partial charge on any atom is 0.182 e. The highest BCUT2D eigenvalue weighted by atomic mass is 127. The van der Waals surface area contributed by atoms with E-state index in [1.165, 1.54) is 0 Å². The fourth-order valence-electron chi connectivity index (χ4n) is 1.98. The highest BCUT2D eigenvalue weighted by molar-refractivity contribution is 14.1. The molecular weight excluding hydrogens is 379 g/mol.